The van der Waals surface area contributed by atoms with Crippen molar-refractivity contribution in [1.29, 1.82) is 0 Å². The molecule has 1 unspecified atom stereocenters. The van der Waals surface area contributed by atoms with Crippen LogP contribution in [-0.4, -0.2) is 116 Å². The monoisotopic (exact) mass is 610 g/mol. The molecule has 4 aromatic rings. The number of hydrogen-bond acceptors (Lipinski definition) is 12. The van der Waals surface area contributed by atoms with E-state index < -0.39 is 36.1 Å². The molecule has 1 aromatic carbocycles. The maximum Gasteiger partial charge on any atom is 0.167 e. The summed E-state index contributed by atoms with van der Waals surface area (Å²) in [6.07, 6.45) is 0.369. The Balaban J connectivity index is 1.08. The van der Waals surface area contributed by atoms with E-state index in [4.69, 9.17) is 10.5 Å². The van der Waals surface area contributed by atoms with Gasteiger partial charge in [-0.25, -0.2) is 19.9 Å². The van der Waals surface area contributed by atoms with Crippen molar-refractivity contribution in [2.45, 2.75) is 88.2 Å². The lowest BCUT2D eigenvalue weighted by Crippen LogP contribution is -2.54. The van der Waals surface area contributed by atoms with E-state index in [1.54, 1.807) is 11.5 Å². The van der Waals surface area contributed by atoms with Gasteiger partial charge in [-0.15, -0.1) is 0 Å². The first-order valence-electron chi connectivity index (χ1n) is 15.1. The summed E-state index contributed by atoms with van der Waals surface area (Å²) in [4.78, 5) is 22.6. The first-order valence-corrected chi connectivity index (χ1v) is 15.1. The number of aromatic amines is 1. The number of imidazole rings is 2. The van der Waals surface area contributed by atoms with Gasteiger partial charge in [0.15, 0.2) is 17.7 Å². The summed E-state index contributed by atoms with van der Waals surface area (Å²) >= 11 is 0. The Morgan fingerprint density at radius 2 is 1.89 bits per heavy atom. The van der Waals surface area contributed by atoms with Gasteiger partial charge in [-0.1, -0.05) is 13.0 Å². The quantitative estimate of drug-likeness (QED) is 0.122. The van der Waals surface area contributed by atoms with E-state index in [1.807, 2.05) is 18.2 Å². The Morgan fingerprint density at radius 3 is 2.59 bits per heavy atom. The largest absolute Gasteiger partial charge is 0.395 e. The molecule has 1 saturated carbocycles. The van der Waals surface area contributed by atoms with Crippen LogP contribution in [0.4, 0.5) is 5.82 Å². The third-order valence-corrected chi connectivity index (χ3v) is 9.54. The van der Waals surface area contributed by atoms with Crippen LogP contribution >= 0.6 is 0 Å². The van der Waals surface area contributed by atoms with Crippen LogP contribution < -0.4 is 5.73 Å². The van der Waals surface area contributed by atoms with Crippen molar-refractivity contribution in [3.8, 4) is 0 Å². The lowest BCUT2D eigenvalue weighted by Gasteiger charge is -2.47. The fourth-order valence-corrected chi connectivity index (χ4v) is 6.50. The van der Waals surface area contributed by atoms with Gasteiger partial charge in [-0.05, 0) is 50.3 Å². The molecular formula is C30H42N8O6. The second-order valence-corrected chi connectivity index (χ2v) is 12.9. The molecule has 5 atom stereocenters. The number of nitrogen functional groups attached to an aromatic ring is 1. The summed E-state index contributed by atoms with van der Waals surface area (Å²) in [7, 11) is 0. The molecule has 2 fully saturated rings. The highest BCUT2D eigenvalue weighted by Gasteiger charge is 2.47. The van der Waals surface area contributed by atoms with Crippen LogP contribution in [0.25, 0.3) is 22.2 Å². The van der Waals surface area contributed by atoms with Gasteiger partial charge in [-0.3, -0.25) is 9.47 Å². The number of H-pyrrole nitrogens is 1. The zero-order chi connectivity index (χ0) is 31.3. The maximum absolute atomic E-state index is 11.1. The standard InChI is InChI=1S/C30H42N8O6/c1-15(2)37(10-22-25(42)26(43)29(44-22)38-14-34-24-27(31)32-13-33-28(24)38)18-6-16(7-18)21(41)9-23-35-19-5-4-17(8-20(19)36-23)30(3,11-39)12-40/h4-5,8,13-16,18,21-22,25-26,29,39-43H,6-7,9-12H2,1-3H3,(H,35,36)(H2,31,32,33)/t16?,18?,21?,22-,25-,26-,29-/m1/s1. The van der Waals surface area contributed by atoms with Crippen molar-refractivity contribution in [2.24, 2.45) is 5.92 Å². The topological polar surface area (TPSA) is 212 Å². The van der Waals surface area contributed by atoms with E-state index in [2.05, 4.69) is 43.7 Å². The Morgan fingerprint density at radius 1 is 1.14 bits per heavy atom. The number of nitrogens with one attached hydrogen (secondary N) is 1. The third-order valence-electron chi connectivity index (χ3n) is 9.54. The van der Waals surface area contributed by atoms with E-state index in [9.17, 15) is 25.5 Å². The molecule has 0 bridgehead atoms. The zero-order valence-electron chi connectivity index (χ0n) is 25.2. The number of aromatic nitrogens is 6. The highest BCUT2D eigenvalue weighted by Crippen LogP contribution is 2.39. The number of aliphatic hydroxyl groups excluding tert-OH is 5. The Labute approximate surface area is 254 Å². The number of nitrogens with zero attached hydrogens (tertiary/aromatic N) is 6. The summed E-state index contributed by atoms with van der Waals surface area (Å²) < 4.78 is 7.77. The van der Waals surface area contributed by atoms with Crippen LogP contribution in [0.3, 0.4) is 0 Å². The van der Waals surface area contributed by atoms with Gasteiger partial charge < -0.3 is 41.0 Å². The second-order valence-electron chi connectivity index (χ2n) is 12.9. The maximum atomic E-state index is 11.1. The van der Waals surface area contributed by atoms with Crippen molar-refractivity contribution in [3.63, 3.8) is 0 Å². The molecule has 238 valence electrons. The predicted octanol–water partition coefficient (Wildman–Crippen LogP) is 0.239. The summed E-state index contributed by atoms with van der Waals surface area (Å²) in [6.45, 7) is 6.04. The van der Waals surface area contributed by atoms with E-state index >= 15 is 0 Å². The fourth-order valence-electron chi connectivity index (χ4n) is 6.50. The Bertz CT molecular complexity index is 1600. The number of aliphatic hydroxyl groups is 5. The molecule has 14 heteroatoms. The van der Waals surface area contributed by atoms with Crippen LogP contribution in [0.1, 0.15) is 51.2 Å². The molecule has 44 heavy (non-hydrogen) atoms. The van der Waals surface area contributed by atoms with Crippen LogP contribution in [-0.2, 0) is 16.6 Å². The minimum Gasteiger partial charge on any atom is -0.395 e. The lowest BCUT2D eigenvalue weighted by molar-refractivity contribution is -0.0713. The highest BCUT2D eigenvalue weighted by molar-refractivity contribution is 5.81. The molecule has 0 spiro atoms. The average Bonchev–Trinajstić information content (AvgIpc) is 3.67. The van der Waals surface area contributed by atoms with Gasteiger partial charge in [0.1, 0.15) is 36.0 Å². The average molecular weight is 611 g/mol. The number of fused-ring (bicyclic) bond motifs is 2. The predicted molar refractivity (Wildman–Crippen MR) is 161 cm³/mol. The third kappa shape index (κ3) is 5.44. The SMILES string of the molecule is CC(C)N(C[C@H]1O[C@@H](n2cnc3c(N)ncnc32)[C@H](O)[C@@H]1O)C1CC(C(O)Cc2nc3ccc(C(C)(CO)CO)cc3[nH]2)C1. The van der Waals surface area contributed by atoms with Crippen molar-refractivity contribution in [2.75, 3.05) is 25.5 Å². The molecule has 1 saturated heterocycles. The summed E-state index contributed by atoms with van der Waals surface area (Å²) in [5.41, 5.74) is 8.36. The van der Waals surface area contributed by atoms with Gasteiger partial charge >= 0.3 is 0 Å². The number of ether oxygens (including phenoxy) is 1. The molecule has 1 aliphatic heterocycles. The van der Waals surface area contributed by atoms with E-state index in [0.717, 1.165) is 29.4 Å². The molecule has 3 aromatic heterocycles. The summed E-state index contributed by atoms with van der Waals surface area (Å²) in [5, 5.41) is 52.4. The van der Waals surface area contributed by atoms with Gasteiger partial charge in [0, 0.05) is 30.5 Å². The molecule has 0 radical (unpaired) electrons. The second kappa shape index (κ2) is 11.9. The summed E-state index contributed by atoms with van der Waals surface area (Å²) in [5.74, 6) is 1.00. The van der Waals surface area contributed by atoms with Gasteiger partial charge in [0.05, 0.1) is 36.7 Å². The molecule has 14 nitrogen and oxygen atoms in total. The lowest BCUT2D eigenvalue weighted by atomic mass is 9.74. The Kier molecular flexibility index (Phi) is 8.34. The summed E-state index contributed by atoms with van der Waals surface area (Å²) in [6, 6.07) is 5.96. The van der Waals surface area contributed by atoms with Crippen molar-refractivity contribution < 1.29 is 30.3 Å². The van der Waals surface area contributed by atoms with Crippen LogP contribution in [0.15, 0.2) is 30.9 Å². The fraction of sp³-hybridized carbons (Fsp3) is 0.600. The molecule has 8 N–H and O–H groups in total. The van der Waals surface area contributed by atoms with Crippen LogP contribution in [0.2, 0.25) is 0 Å². The minimum absolute atomic E-state index is 0.0901. The molecular weight excluding hydrogens is 568 g/mol. The number of anilines is 1. The molecule has 0 amide bonds. The first-order chi connectivity index (χ1) is 21.0. The Hall–Kier alpha value is -3.24. The van der Waals surface area contributed by atoms with E-state index in [1.165, 1.54) is 12.7 Å². The van der Waals surface area contributed by atoms with Gasteiger partial charge in [-0.2, -0.15) is 0 Å². The minimum atomic E-state index is -1.18. The molecule has 2 aliphatic rings. The number of hydrogen-bond donors (Lipinski definition) is 7. The molecule has 1 aliphatic carbocycles. The number of rotatable bonds is 11. The number of nitrogens with two attached hydrogens (primary N) is 1. The first kappa shape index (κ1) is 30.8. The zero-order valence-corrected chi connectivity index (χ0v) is 25.2. The normalized spacial score (nSPS) is 26.7. The van der Waals surface area contributed by atoms with E-state index in [0.29, 0.717) is 30.0 Å². The van der Waals surface area contributed by atoms with Crippen LogP contribution in [0, 0.1) is 5.92 Å². The van der Waals surface area contributed by atoms with Gasteiger partial charge in [0.2, 0.25) is 0 Å². The smallest absolute Gasteiger partial charge is 0.167 e. The van der Waals surface area contributed by atoms with Crippen molar-refractivity contribution >= 4 is 28.0 Å². The van der Waals surface area contributed by atoms with Crippen LogP contribution in [0.5, 0.6) is 0 Å². The van der Waals surface area contributed by atoms with E-state index in [-0.39, 0.29) is 37.0 Å². The highest BCUT2D eigenvalue weighted by atomic mass is 16.6. The molecule has 4 heterocycles. The van der Waals surface area contributed by atoms with Crippen molar-refractivity contribution in [1.82, 2.24) is 34.4 Å². The van der Waals surface area contributed by atoms with Crippen molar-refractivity contribution in [3.05, 3.63) is 42.2 Å². The molecule has 6 rings (SSSR count). The van der Waals surface area contributed by atoms with Gasteiger partial charge in [0.25, 0.3) is 0 Å². The number of benzene rings is 1.